The normalized spacial score (nSPS) is 14.5. The van der Waals surface area contributed by atoms with E-state index in [1.54, 1.807) is 0 Å². The lowest BCUT2D eigenvalue weighted by Crippen LogP contribution is -2.45. The Balaban J connectivity index is 3.64. The number of carboxylic acid groups (broad SMARTS) is 1. The molecule has 0 saturated carbocycles. The molecule has 4 N–H and O–H groups in total. The molecule has 0 aromatic carbocycles. The molecule has 0 aliphatic carbocycles. The van der Waals surface area contributed by atoms with Gasteiger partial charge >= 0.3 is 5.97 Å². The number of aliphatic carboxylic acids is 1. The molecular formula is C8H16N2O4. The molecule has 1 amide bonds. The summed E-state index contributed by atoms with van der Waals surface area (Å²) in [5.74, 6) is -1.42. The number of nitrogens with one attached hydrogen (secondary N) is 2. The Morgan fingerprint density at radius 1 is 1.43 bits per heavy atom. The van der Waals surface area contributed by atoms with Crippen LogP contribution in [-0.2, 0) is 9.59 Å². The number of carbonyl (C=O) groups is 2. The number of rotatable bonds is 6. The van der Waals surface area contributed by atoms with Crippen LogP contribution in [0.2, 0.25) is 0 Å². The van der Waals surface area contributed by atoms with Crippen molar-refractivity contribution >= 4 is 11.9 Å². The second-order valence-electron chi connectivity index (χ2n) is 3.18. The monoisotopic (exact) mass is 204 g/mol. The average Bonchev–Trinajstić information content (AvgIpc) is 2.11. The number of aliphatic hydroxyl groups is 1. The van der Waals surface area contributed by atoms with E-state index in [2.05, 4.69) is 10.6 Å². The maximum Gasteiger partial charge on any atom is 0.336 e. The summed E-state index contributed by atoms with van der Waals surface area (Å²) < 4.78 is 0. The van der Waals surface area contributed by atoms with Crippen LogP contribution >= 0.6 is 0 Å². The van der Waals surface area contributed by atoms with E-state index in [4.69, 9.17) is 5.11 Å². The zero-order valence-electron chi connectivity index (χ0n) is 8.33. The van der Waals surface area contributed by atoms with Crippen molar-refractivity contribution in [2.24, 2.45) is 0 Å². The molecule has 0 aromatic rings. The molecular weight excluding hydrogens is 188 g/mol. The molecule has 6 heteroatoms. The summed E-state index contributed by atoms with van der Waals surface area (Å²) in [7, 11) is 1.52. The fourth-order valence-electron chi connectivity index (χ4n) is 0.734. The Bertz CT molecular complexity index is 215. The number of hydrogen-bond acceptors (Lipinski definition) is 4. The second kappa shape index (κ2) is 5.56. The van der Waals surface area contributed by atoms with E-state index in [0.29, 0.717) is 6.54 Å². The number of carbonyl (C=O) groups excluding carboxylic acids is 1. The Kier molecular flexibility index (Phi) is 5.11. The van der Waals surface area contributed by atoms with Crippen molar-refractivity contribution in [3.05, 3.63) is 0 Å². The minimum absolute atomic E-state index is 0.0840. The van der Waals surface area contributed by atoms with Crippen LogP contribution in [0.15, 0.2) is 0 Å². The Labute approximate surface area is 82.3 Å². The van der Waals surface area contributed by atoms with Gasteiger partial charge in [0.15, 0.2) is 5.60 Å². The van der Waals surface area contributed by atoms with Gasteiger partial charge in [-0.3, -0.25) is 4.79 Å². The minimum atomic E-state index is -1.79. The van der Waals surface area contributed by atoms with E-state index in [9.17, 15) is 14.7 Å². The second-order valence-corrected chi connectivity index (χ2v) is 3.18. The van der Waals surface area contributed by atoms with Crippen molar-refractivity contribution in [3.63, 3.8) is 0 Å². The summed E-state index contributed by atoms with van der Waals surface area (Å²) in [6.07, 6.45) is 0.256. The summed E-state index contributed by atoms with van der Waals surface area (Å²) in [6, 6.07) is 0. The summed E-state index contributed by atoms with van der Waals surface area (Å²) in [6.45, 7) is 1.45. The lowest BCUT2D eigenvalue weighted by Gasteiger charge is -2.17. The topological polar surface area (TPSA) is 98.7 Å². The number of hydrogen-bond donors (Lipinski definition) is 4. The van der Waals surface area contributed by atoms with Crippen molar-refractivity contribution in [3.8, 4) is 0 Å². The van der Waals surface area contributed by atoms with E-state index < -0.39 is 11.6 Å². The van der Waals surface area contributed by atoms with Crippen molar-refractivity contribution in [1.29, 1.82) is 0 Å². The standard InChI is InChI=1S/C8H16N2O4/c1-8(14,7(12)13)5-10-4-3-6(11)9-2/h10,14H,3-5H2,1-2H3,(H,9,11)(H,12,13). The van der Waals surface area contributed by atoms with Gasteiger partial charge in [0.2, 0.25) is 5.91 Å². The van der Waals surface area contributed by atoms with Gasteiger partial charge in [-0.15, -0.1) is 0 Å². The molecule has 0 bridgehead atoms. The Morgan fingerprint density at radius 2 is 2.00 bits per heavy atom. The van der Waals surface area contributed by atoms with Crippen molar-refractivity contribution in [2.45, 2.75) is 18.9 Å². The molecule has 0 radical (unpaired) electrons. The molecule has 0 rings (SSSR count). The largest absolute Gasteiger partial charge is 0.479 e. The predicted molar refractivity (Wildman–Crippen MR) is 49.8 cm³/mol. The number of carboxylic acids is 1. The maximum atomic E-state index is 10.7. The molecule has 0 spiro atoms. The molecule has 0 aliphatic rings. The highest BCUT2D eigenvalue weighted by Gasteiger charge is 2.28. The summed E-state index contributed by atoms with van der Waals surface area (Å²) in [5.41, 5.74) is -1.79. The minimum Gasteiger partial charge on any atom is -0.479 e. The summed E-state index contributed by atoms with van der Waals surface area (Å²) in [4.78, 5) is 21.2. The molecule has 0 heterocycles. The first-order valence-electron chi connectivity index (χ1n) is 4.27. The van der Waals surface area contributed by atoms with Crippen LogP contribution < -0.4 is 10.6 Å². The van der Waals surface area contributed by atoms with Gasteiger partial charge < -0.3 is 20.8 Å². The molecule has 1 atom stereocenters. The molecule has 6 nitrogen and oxygen atoms in total. The highest BCUT2D eigenvalue weighted by Crippen LogP contribution is 2.00. The van der Waals surface area contributed by atoms with Gasteiger partial charge in [-0.05, 0) is 6.92 Å². The van der Waals surface area contributed by atoms with Gasteiger partial charge in [0.05, 0.1) is 0 Å². The molecule has 0 aromatic heterocycles. The van der Waals surface area contributed by atoms with Crippen molar-refractivity contribution < 1.29 is 19.8 Å². The lowest BCUT2D eigenvalue weighted by molar-refractivity contribution is -0.156. The van der Waals surface area contributed by atoms with E-state index >= 15 is 0 Å². The van der Waals surface area contributed by atoms with E-state index in [0.717, 1.165) is 0 Å². The van der Waals surface area contributed by atoms with Crippen LogP contribution in [-0.4, -0.2) is 47.8 Å². The van der Waals surface area contributed by atoms with Gasteiger partial charge in [-0.2, -0.15) is 0 Å². The molecule has 82 valence electrons. The highest BCUT2D eigenvalue weighted by atomic mass is 16.4. The zero-order valence-corrected chi connectivity index (χ0v) is 8.33. The van der Waals surface area contributed by atoms with Crippen LogP contribution in [0.4, 0.5) is 0 Å². The van der Waals surface area contributed by atoms with Gasteiger partial charge in [-0.1, -0.05) is 0 Å². The first kappa shape index (κ1) is 12.9. The van der Waals surface area contributed by atoms with Crippen LogP contribution in [0.5, 0.6) is 0 Å². The van der Waals surface area contributed by atoms with E-state index in [1.807, 2.05) is 0 Å². The molecule has 0 saturated heterocycles. The average molecular weight is 204 g/mol. The quantitative estimate of drug-likeness (QED) is 0.397. The van der Waals surface area contributed by atoms with Crippen LogP contribution in [0.25, 0.3) is 0 Å². The predicted octanol–water partition coefficient (Wildman–Crippen LogP) is -1.45. The maximum absolute atomic E-state index is 10.7. The van der Waals surface area contributed by atoms with Gasteiger partial charge in [0, 0.05) is 26.6 Å². The Hall–Kier alpha value is -1.14. The van der Waals surface area contributed by atoms with Crippen molar-refractivity contribution in [2.75, 3.05) is 20.1 Å². The molecule has 1 unspecified atom stereocenters. The highest BCUT2D eigenvalue weighted by molar-refractivity contribution is 5.77. The smallest absolute Gasteiger partial charge is 0.336 e. The van der Waals surface area contributed by atoms with Gasteiger partial charge in [0.25, 0.3) is 0 Å². The number of amides is 1. The van der Waals surface area contributed by atoms with Crippen LogP contribution in [0, 0.1) is 0 Å². The first-order chi connectivity index (χ1) is 6.40. The third-order valence-electron chi connectivity index (χ3n) is 1.74. The van der Waals surface area contributed by atoms with Crippen LogP contribution in [0.1, 0.15) is 13.3 Å². The third-order valence-corrected chi connectivity index (χ3v) is 1.74. The van der Waals surface area contributed by atoms with Crippen molar-refractivity contribution in [1.82, 2.24) is 10.6 Å². The lowest BCUT2D eigenvalue weighted by atomic mass is 10.1. The SMILES string of the molecule is CNC(=O)CCNCC(C)(O)C(=O)O. The third kappa shape index (κ3) is 4.78. The molecule has 14 heavy (non-hydrogen) atoms. The first-order valence-corrected chi connectivity index (χ1v) is 4.27. The fraction of sp³-hybridized carbons (Fsp3) is 0.750. The fourth-order valence-corrected chi connectivity index (χ4v) is 0.734. The zero-order chi connectivity index (χ0) is 11.2. The molecule has 0 aliphatic heterocycles. The van der Waals surface area contributed by atoms with Crippen LogP contribution in [0.3, 0.4) is 0 Å². The van der Waals surface area contributed by atoms with E-state index in [-0.39, 0.29) is 18.9 Å². The van der Waals surface area contributed by atoms with Gasteiger partial charge in [0.1, 0.15) is 0 Å². The van der Waals surface area contributed by atoms with Gasteiger partial charge in [-0.25, -0.2) is 4.79 Å². The molecule has 0 fully saturated rings. The summed E-state index contributed by atoms with van der Waals surface area (Å²) in [5, 5.41) is 22.9. The van der Waals surface area contributed by atoms with E-state index in [1.165, 1.54) is 14.0 Å². The Morgan fingerprint density at radius 3 is 2.43 bits per heavy atom. The summed E-state index contributed by atoms with van der Waals surface area (Å²) >= 11 is 0.